The first-order valence-electron chi connectivity index (χ1n) is 9.85. The molecule has 0 bridgehead atoms. The van der Waals surface area contributed by atoms with Gasteiger partial charge in [-0.25, -0.2) is 4.79 Å². The zero-order valence-corrected chi connectivity index (χ0v) is 17.5. The molecular weight excluding hydrogens is 368 g/mol. The van der Waals surface area contributed by atoms with Crippen LogP contribution in [0.5, 0.6) is 0 Å². The molecular formula is C23H30N2O4. The lowest BCUT2D eigenvalue weighted by molar-refractivity contribution is -0.142. The number of rotatable bonds is 10. The number of carbonyl (C=O) groups is 2. The summed E-state index contributed by atoms with van der Waals surface area (Å²) < 4.78 is 9.92. The van der Waals surface area contributed by atoms with E-state index >= 15 is 0 Å². The molecule has 0 aliphatic heterocycles. The average molecular weight is 399 g/mol. The summed E-state index contributed by atoms with van der Waals surface area (Å²) in [5.41, 5.74) is 2.06. The molecule has 6 heteroatoms. The summed E-state index contributed by atoms with van der Waals surface area (Å²) in [6, 6.07) is 7.97. The minimum absolute atomic E-state index is 0.176. The predicted octanol–water partition coefficient (Wildman–Crippen LogP) is 3.35. The van der Waals surface area contributed by atoms with Gasteiger partial charge >= 0.3 is 12.1 Å². The van der Waals surface area contributed by atoms with Crippen molar-refractivity contribution in [3.05, 3.63) is 29.8 Å². The third kappa shape index (κ3) is 12.0. The van der Waals surface area contributed by atoms with Crippen LogP contribution in [0.1, 0.15) is 44.6 Å². The first-order valence-corrected chi connectivity index (χ1v) is 9.85. The molecule has 0 aliphatic carbocycles. The monoisotopic (exact) mass is 398 g/mol. The van der Waals surface area contributed by atoms with Crippen LogP contribution in [-0.2, 0) is 14.3 Å². The fourth-order valence-electron chi connectivity index (χ4n) is 2.11. The second-order valence-corrected chi connectivity index (χ2v) is 6.51. The Bertz CT molecular complexity index is 749. The van der Waals surface area contributed by atoms with Crippen LogP contribution in [-0.4, -0.2) is 45.9 Å². The van der Waals surface area contributed by atoms with Crippen molar-refractivity contribution in [2.24, 2.45) is 0 Å². The van der Waals surface area contributed by atoms with Gasteiger partial charge in [-0.3, -0.25) is 4.79 Å². The van der Waals surface area contributed by atoms with Crippen LogP contribution in [0.3, 0.4) is 0 Å². The van der Waals surface area contributed by atoms with Crippen molar-refractivity contribution in [3.63, 3.8) is 0 Å². The highest BCUT2D eigenvalue weighted by Crippen LogP contribution is 2.11. The lowest BCUT2D eigenvalue weighted by Crippen LogP contribution is -2.31. The molecule has 0 atom stereocenters. The van der Waals surface area contributed by atoms with Gasteiger partial charge in [0.25, 0.3) is 0 Å². The number of hydrogen-bond donors (Lipinski definition) is 1. The standard InChI is InChI=1S/C23H30N2O4/c1-4-5-17-28-22(26)19-24-23(27)29-18-11-9-7-6-8-10-12-20-13-15-21(16-14-20)25(2)3/h13-16H,4-5,7,9,11,17-19H2,1-3H3,(H,24,27). The van der Waals surface area contributed by atoms with Crippen LogP contribution in [0, 0.1) is 23.7 Å². The summed E-state index contributed by atoms with van der Waals surface area (Å²) in [7, 11) is 3.99. The zero-order valence-electron chi connectivity index (χ0n) is 17.5. The van der Waals surface area contributed by atoms with Gasteiger partial charge in [0.15, 0.2) is 0 Å². The topological polar surface area (TPSA) is 67.9 Å². The summed E-state index contributed by atoms with van der Waals surface area (Å²) in [4.78, 5) is 24.8. The normalized spacial score (nSPS) is 9.34. The van der Waals surface area contributed by atoms with Crippen LogP contribution < -0.4 is 10.2 Å². The van der Waals surface area contributed by atoms with E-state index in [1.807, 2.05) is 50.2 Å². The molecule has 0 aliphatic rings. The maximum absolute atomic E-state index is 11.5. The van der Waals surface area contributed by atoms with Crippen LogP contribution in [0.15, 0.2) is 24.3 Å². The Hall–Kier alpha value is -3.12. The summed E-state index contributed by atoms with van der Waals surface area (Å²) in [6.07, 6.45) is 3.33. The minimum Gasteiger partial charge on any atom is -0.464 e. The number of anilines is 1. The van der Waals surface area contributed by atoms with E-state index in [2.05, 4.69) is 29.0 Å². The molecule has 1 aromatic rings. The van der Waals surface area contributed by atoms with E-state index in [0.717, 1.165) is 30.5 Å². The molecule has 1 aromatic carbocycles. The molecule has 0 aromatic heterocycles. The Morgan fingerprint density at radius 1 is 1.00 bits per heavy atom. The number of carbonyl (C=O) groups excluding carboxylic acids is 2. The number of alkyl carbamates (subject to hydrolysis) is 1. The molecule has 6 nitrogen and oxygen atoms in total. The second kappa shape index (κ2) is 14.9. The number of ether oxygens (including phenoxy) is 2. The Morgan fingerprint density at radius 2 is 1.72 bits per heavy atom. The van der Waals surface area contributed by atoms with E-state index in [4.69, 9.17) is 9.47 Å². The fraction of sp³-hybridized carbons (Fsp3) is 0.478. The molecule has 156 valence electrons. The van der Waals surface area contributed by atoms with Crippen molar-refractivity contribution in [3.8, 4) is 23.7 Å². The van der Waals surface area contributed by atoms with Crippen molar-refractivity contribution in [1.29, 1.82) is 0 Å². The van der Waals surface area contributed by atoms with Crippen molar-refractivity contribution >= 4 is 17.7 Å². The van der Waals surface area contributed by atoms with Crippen molar-refractivity contribution < 1.29 is 19.1 Å². The number of nitrogens with zero attached hydrogens (tertiary/aromatic N) is 1. The number of hydrogen-bond acceptors (Lipinski definition) is 5. The van der Waals surface area contributed by atoms with Gasteiger partial charge < -0.3 is 19.7 Å². The lowest BCUT2D eigenvalue weighted by Gasteiger charge is -2.11. The van der Waals surface area contributed by atoms with Gasteiger partial charge in [0.05, 0.1) is 13.2 Å². The number of amides is 1. The smallest absolute Gasteiger partial charge is 0.407 e. The van der Waals surface area contributed by atoms with Gasteiger partial charge in [0, 0.05) is 31.8 Å². The second-order valence-electron chi connectivity index (χ2n) is 6.51. The largest absolute Gasteiger partial charge is 0.464 e. The maximum atomic E-state index is 11.5. The first kappa shape index (κ1) is 23.9. The number of benzene rings is 1. The van der Waals surface area contributed by atoms with Crippen LogP contribution >= 0.6 is 0 Å². The van der Waals surface area contributed by atoms with Gasteiger partial charge in [-0.2, -0.15) is 0 Å². The molecule has 0 radical (unpaired) electrons. The highest BCUT2D eigenvalue weighted by atomic mass is 16.6. The van der Waals surface area contributed by atoms with Crippen LogP contribution in [0.25, 0.3) is 0 Å². The minimum atomic E-state index is -0.616. The third-order valence-corrected chi connectivity index (χ3v) is 3.81. The van der Waals surface area contributed by atoms with E-state index in [0.29, 0.717) is 19.4 Å². The van der Waals surface area contributed by atoms with Gasteiger partial charge in [-0.1, -0.05) is 25.2 Å². The van der Waals surface area contributed by atoms with Crippen LogP contribution in [0.2, 0.25) is 0 Å². The molecule has 0 heterocycles. The highest BCUT2D eigenvalue weighted by molar-refractivity contribution is 5.77. The first-order chi connectivity index (χ1) is 14.0. The molecule has 0 unspecified atom stereocenters. The number of nitrogens with one attached hydrogen (secondary N) is 1. The Morgan fingerprint density at radius 3 is 2.41 bits per heavy atom. The molecule has 1 amide bonds. The molecule has 0 saturated heterocycles. The molecule has 0 saturated carbocycles. The third-order valence-electron chi connectivity index (χ3n) is 3.81. The van der Waals surface area contributed by atoms with E-state index in [9.17, 15) is 9.59 Å². The summed E-state index contributed by atoms with van der Waals surface area (Å²) in [6.45, 7) is 2.49. The van der Waals surface area contributed by atoms with Crippen LogP contribution in [0.4, 0.5) is 10.5 Å². The Balaban J connectivity index is 2.10. The van der Waals surface area contributed by atoms with Gasteiger partial charge in [-0.15, -0.1) is 0 Å². The fourth-order valence-corrected chi connectivity index (χ4v) is 2.11. The number of unbranched alkanes of at least 4 members (excludes halogenated alkanes) is 3. The quantitative estimate of drug-likeness (QED) is 0.372. The highest BCUT2D eigenvalue weighted by Gasteiger charge is 2.06. The van der Waals surface area contributed by atoms with Crippen molar-refractivity contribution in [1.82, 2.24) is 5.32 Å². The molecule has 1 N–H and O–H groups in total. The summed E-state index contributed by atoms with van der Waals surface area (Å²) >= 11 is 0. The van der Waals surface area contributed by atoms with Gasteiger partial charge in [0.2, 0.25) is 0 Å². The van der Waals surface area contributed by atoms with Crippen molar-refractivity contribution in [2.45, 2.75) is 39.0 Å². The van der Waals surface area contributed by atoms with E-state index in [1.165, 1.54) is 0 Å². The molecule has 29 heavy (non-hydrogen) atoms. The van der Waals surface area contributed by atoms with Gasteiger partial charge in [0.1, 0.15) is 6.54 Å². The lowest BCUT2D eigenvalue weighted by atomic mass is 10.2. The summed E-state index contributed by atoms with van der Waals surface area (Å²) in [5.74, 6) is 11.2. The van der Waals surface area contributed by atoms with Crippen molar-refractivity contribution in [2.75, 3.05) is 38.8 Å². The van der Waals surface area contributed by atoms with E-state index in [1.54, 1.807) is 0 Å². The van der Waals surface area contributed by atoms with E-state index < -0.39 is 12.1 Å². The zero-order chi connectivity index (χ0) is 21.3. The summed E-state index contributed by atoms with van der Waals surface area (Å²) in [5, 5.41) is 2.37. The van der Waals surface area contributed by atoms with Gasteiger partial charge in [-0.05, 0) is 55.4 Å². The molecule has 0 spiro atoms. The van der Waals surface area contributed by atoms with E-state index in [-0.39, 0.29) is 13.2 Å². The number of esters is 1. The maximum Gasteiger partial charge on any atom is 0.407 e. The SMILES string of the molecule is CCCCOC(=O)CNC(=O)OCCCCC#CC#Cc1ccc(N(C)C)cc1. The molecule has 1 rings (SSSR count). The Labute approximate surface area is 173 Å². The molecule has 0 fully saturated rings. The predicted molar refractivity (Wildman–Crippen MR) is 114 cm³/mol. The Kier molecular flexibility index (Phi) is 12.3. The average Bonchev–Trinajstić information content (AvgIpc) is 2.71.